The molecule has 1 aromatic rings. The molecule has 0 spiro atoms. The highest BCUT2D eigenvalue weighted by atomic mass is 16.5. The minimum atomic E-state index is 0.167. The van der Waals surface area contributed by atoms with Crippen LogP contribution in [0.2, 0.25) is 0 Å². The Morgan fingerprint density at radius 2 is 2.13 bits per heavy atom. The quantitative estimate of drug-likeness (QED) is 0.756. The van der Waals surface area contributed by atoms with E-state index in [-0.39, 0.29) is 5.41 Å². The van der Waals surface area contributed by atoms with Crippen molar-refractivity contribution in [1.82, 2.24) is 4.98 Å². The summed E-state index contributed by atoms with van der Waals surface area (Å²) >= 11 is 0. The van der Waals surface area contributed by atoms with Crippen molar-refractivity contribution < 1.29 is 4.74 Å². The molecule has 0 unspecified atom stereocenters. The molecule has 1 aliphatic rings. The molecule has 0 radical (unpaired) electrons. The molecular weight excluding hydrogens is 186 g/mol. The summed E-state index contributed by atoms with van der Waals surface area (Å²) in [6.07, 6.45) is 4.47. The third kappa shape index (κ3) is 2.95. The van der Waals surface area contributed by atoms with E-state index in [1.807, 2.05) is 6.20 Å². The van der Waals surface area contributed by atoms with Gasteiger partial charge in [-0.25, -0.2) is 4.98 Å². The normalized spacial score (nSPS) is 16.5. The van der Waals surface area contributed by atoms with Gasteiger partial charge < -0.3 is 4.74 Å². The molecule has 1 saturated carbocycles. The van der Waals surface area contributed by atoms with E-state index in [9.17, 15) is 0 Å². The van der Waals surface area contributed by atoms with Gasteiger partial charge in [-0.2, -0.15) is 0 Å². The highest BCUT2D eigenvalue weighted by Gasteiger charge is 2.22. The van der Waals surface area contributed by atoms with Gasteiger partial charge in [0, 0.05) is 12.3 Å². The summed E-state index contributed by atoms with van der Waals surface area (Å²) in [7, 11) is 0. The predicted molar refractivity (Wildman–Crippen MR) is 61.2 cm³/mol. The van der Waals surface area contributed by atoms with E-state index in [0.717, 1.165) is 18.4 Å². The number of ether oxygens (including phenoxy) is 1. The van der Waals surface area contributed by atoms with Crippen molar-refractivity contribution in [3.8, 4) is 5.88 Å². The van der Waals surface area contributed by atoms with Crippen LogP contribution in [0.15, 0.2) is 18.3 Å². The van der Waals surface area contributed by atoms with E-state index in [1.165, 1.54) is 18.4 Å². The molecule has 1 heterocycles. The molecule has 1 fully saturated rings. The number of hydrogen-bond donors (Lipinski definition) is 0. The Balaban J connectivity index is 2.04. The standard InChI is InChI=1S/C13H19NO/c1-13(2,3)11-6-7-14-12(8-11)15-9-10-4-5-10/h6-8,10H,4-5,9H2,1-3H3. The Labute approximate surface area is 91.7 Å². The van der Waals surface area contributed by atoms with Crippen molar-refractivity contribution in [2.24, 2.45) is 5.92 Å². The van der Waals surface area contributed by atoms with Gasteiger partial charge in [-0.15, -0.1) is 0 Å². The van der Waals surface area contributed by atoms with Crippen molar-refractivity contribution in [3.63, 3.8) is 0 Å². The van der Waals surface area contributed by atoms with Crippen LogP contribution in [0.3, 0.4) is 0 Å². The second kappa shape index (κ2) is 3.84. The maximum Gasteiger partial charge on any atom is 0.213 e. The number of pyridine rings is 1. The van der Waals surface area contributed by atoms with Crippen molar-refractivity contribution >= 4 is 0 Å². The number of nitrogens with zero attached hydrogens (tertiary/aromatic N) is 1. The van der Waals surface area contributed by atoms with Crippen molar-refractivity contribution in [1.29, 1.82) is 0 Å². The van der Waals surface area contributed by atoms with E-state index < -0.39 is 0 Å². The third-order valence-corrected chi connectivity index (χ3v) is 2.76. The summed E-state index contributed by atoms with van der Waals surface area (Å²) in [5.41, 5.74) is 1.45. The van der Waals surface area contributed by atoms with Gasteiger partial charge in [0.05, 0.1) is 6.61 Å². The molecule has 0 atom stereocenters. The fourth-order valence-electron chi connectivity index (χ4n) is 1.44. The van der Waals surface area contributed by atoms with Crippen LogP contribution in [0.5, 0.6) is 5.88 Å². The topological polar surface area (TPSA) is 22.1 Å². The Kier molecular flexibility index (Phi) is 2.68. The lowest BCUT2D eigenvalue weighted by atomic mass is 9.88. The molecule has 0 bridgehead atoms. The van der Waals surface area contributed by atoms with Crippen LogP contribution in [0.25, 0.3) is 0 Å². The molecule has 0 saturated heterocycles. The third-order valence-electron chi connectivity index (χ3n) is 2.76. The number of aromatic nitrogens is 1. The average molecular weight is 205 g/mol. The van der Waals surface area contributed by atoms with Crippen LogP contribution in [0.4, 0.5) is 0 Å². The van der Waals surface area contributed by atoms with Gasteiger partial charge >= 0.3 is 0 Å². The maximum atomic E-state index is 5.65. The lowest BCUT2D eigenvalue weighted by Gasteiger charge is -2.19. The van der Waals surface area contributed by atoms with Gasteiger partial charge in [-0.3, -0.25) is 0 Å². The van der Waals surface area contributed by atoms with Crippen LogP contribution < -0.4 is 4.74 Å². The molecule has 1 aromatic heterocycles. The maximum absolute atomic E-state index is 5.65. The van der Waals surface area contributed by atoms with Crippen molar-refractivity contribution in [3.05, 3.63) is 23.9 Å². The largest absolute Gasteiger partial charge is 0.477 e. The molecule has 0 N–H and O–H groups in total. The lowest BCUT2D eigenvalue weighted by Crippen LogP contribution is -2.11. The Hall–Kier alpha value is -1.05. The van der Waals surface area contributed by atoms with E-state index in [4.69, 9.17) is 4.74 Å². The number of rotatable bonds is 3. The van der Waals surface area contributed by atoms with Gasteiger partial charge in [-0.1, -0.05) is 20.8 Å². The molecule has 2 heteroatoms. The molecule has 1 aliphatic carbocycles. The van der Waals surface area contributed by atoms with Gasteiger partial charge in [-0.05, 0) is 35.8 Å². The van der Waals surface area contributed by atoms with Gasteiger partial charge in [0.2, 0.25) is 5.88 Å². The smallest absolute Gasteiger partial charge is 0.213 e. The summed E-state index contributed by atoms with van der Waals surface area (Å²) in [6.45, 7) is 7.44. The lowest BCUT2D eigenvalue weighted by molar-refractivity contribution is 0.287. The van der Waals surface area contributed by atoms with E-state index >= 15 is 0 Å². The van der Waals surface area contributed by atoms with E-state index in [2.05, 4.69) is 37.9 Å². The fraction of sp³-hybridized carbons (Fsp3) is 0.615. The summed E-state index contributed by atoms with van der Waals surface area (Å²) in [6, 6.07) is 4.12. The summed E-state index contributed by atoms with van der Waals surface area (Å²) in [5.74, 6) is 1.56. The predicted octanol–water partition coefficient (Wildman–Crippen LogP) is 3.17. The first-order valence-electron chi connectivity index (χ1n) is 5.65. The summed E-state index contributed by atoms with van der Waals surface area (Å²) in [4.78, 5) is 4.23. The first-order chi connectivity index (χ1) is 7.05. The van der Waals surface area contributed by atoms with Gasteiger partial charge in [0.15, 0.2) is 0 Å². The fourth-order valence-corrected chi connectivity index (χ4v) is 1.44. The zero-order valence-electron chi connectivity index (χ0n) is 9.79. The number of hydrogen-bond acceptors (Lipinski definition) is 2. The molecule has 0 aromatic carbocycles. The molecule has 2 nitrogen and oxygen atoms in total. The van der Waals surface area contributed by atoms with Gasteiger partial charge in [0.1, 0.15) is 0 Å². The van der Waals surface area contributed by atoms with Crippen LogP contribution >= 0.6 is 0 Å². The second-order valence-electron chi connectivity index (χ2n) is 5.39. The molecule has 2 rings (SSSR count). The second-order valence-corrected chi connectivity index (χ2v) is 5.39. The highest BCUT2D eigenvalue weighted by Crippen LogP contribution is 2.30. The Morgan fingerprint density at radius 3 is 2.73 bits per heavy atom. The van der Waals surface area contributed by atoms with Crippen LogP contribution in [0, 0.1) is 5.92 Å². The minimum Gasteiger partial charge on any atom is -0.477 e. The zero-order valence-corrected chi connectivity index (χ0v) is 9.79. The highest BCUT2D eigenvalue weighted by molar-refractivity contribution is 5.26. The summed E-state index contributed by atoms with van der Waals surface area (Å²) < 4.78 is 5.65. The summed E-state index contributed by atoms with van der Waals surface area (Å²) in [5, 5.41) is 0. The molecular formula is C13H19NO. The van der Waals surface area contributed by atoms with Crippen LogP contribution in [0.1, 0.15) is 39.2 Å². The minimum absolute atomic E-state index is 0.167. The van der Waals surface area contributed by atoms with Gasteiger partial charge in [0.25, 0.3) is 0 Å². The molecule has 82 valence electrons. The van der Waals surface area contributed by atoms with Crippen LogP contribution in [-0.2, 0) is 5.41 Å². The average Bonchev–Trinajstić information content (AvgIpc) is 2.97. The van der Waals surface area contributed by atoms with Crippen LogP contribution in [-0.4, -0.2) is 11.6 Å². The monoisotopic (exact) mass is 205 g/mol. The first kappa shape index (κ1) is 10.5. The van der Waals surface area contributed by atoms with Crippen molar-refractivity contribution in [2.45, 2.75) is 39.0 Å². The molecule has 15 heavy (non-hydrogen) atoms. The van der Waals surface area contributed by atoms with Crippen molar-refractivity contribution in [2.75, 3.05) is 6.61 Å². The Morgan fingerprint density at radius 1 is 1.40 bits per heavy atom. The Bertz CT molecular complexity index is 337. The zero-order chi connectivity index (χ0) is 10.9. The molecule has 0 aliphatic heterocycles. The SMILES string of the molecule is CC(C)(C)c1ccnc(OCC2CC2)c1. The first-order valence-corrected chi connectivity index (χ1v) is 5.65. The molecule has 0 amide bonds. The van der Waals surface area contributed by atoms with E-state index in [1.54, 1.807) is 0 Å². The van der Waals surface area contributed by atoms with E-state index in [0.29, 0.717) is 0 Å².